The number of nitrogen functional groups attached to an aromatic ring is 1. The van der Waals surface area contributed by atoms with Crippen molar-refractivity contribution in [1.29, 1.82) is 0 Å². The molecule has 0 atom stereocenters. The highest BCUT2D eigenvalue weighted by atomic mass is 16.6. The van der Waals surface area contributed by atoms with Crippen molar-refractivity contribution in [3.63, 3.8) is 0 Å². The number of primary amides is 1. The highest BCUT2D eigenvalue weighted by Crippen LogP contribution is 2.29. The molecule has 1 amide bonds. The predicted molar refractivity (Wildman–Crippen MR) is 63.4 cm³/mol. The van der Waals surface area contributed by atoms with E-state index >= 15 is 0 Å². The Bertz CT molecular complexity index is 488. The molecule has 0 fully saturated rings. The Kier molecular flexibility index (Phi) is 3.61. The average Bonchev–Trinajstić information content (AvgIpc) is 2.27. The summed E-state index contributed by atoms with van der Waals surface area (Å²) in [5, 5.41) is 13.5. The van der Waals surface area contributed by atoms with E-state index in [1.807, 2.05) is 0 Å². The van der Waals surface area contributed by atoms with Crippen molar-refractivity contribution in [1.82, 2.24) is 9.97 Å². The third-order valence-corrected chi connectivity index (χ3v) is 2.19. The summed E-state index contributed by atoms with van der Waals surface area (Å²) in [7, 11) is 0. The molecule has 0 aliphatic rings. The zero-order chi connectivity index (χ0) is 13.9. The van der Waals surface area contributed by atoms with Crippen LogP contribution in [0.25, 0.3) is 0 Å². The molecule has 0 bridgehead atoms. The fourth-order valence-corrected chi connectivity index (χ4v) is 1.11. The molecule has 0 aliphatic carbocycles. The first-order valence-corrected chi connectivity index (χ1v) is 4.83. The lowest BCUT2D eigenvalue weighted by Gasteiger charge is -2.22. The molecule has 6 N–H and O–H groups in total. The molecule has 0 aliphatic heterocycles. The second kappa shape index (κ2) is 4.79. The van der Waals surface area contributed by atoms with Gasteiger partial charge in [-0.1, -0.05) is 0 Å². The second-order valence-electron chi connectivity index (χ2n) is 3.94. The minimum Gasteiger partial charge on any atom is -0.368 e. The number of nitrogens with one attached hydrogen (secondary N) is 2. The van der Waals surface area contributed by atoms with Crippen LogP contribution in [0.15, 0.2) is 6.33 Å². The maximum atomic E-state index is 11.2. The van der Waals surface area contributed by atoms with Crippen molar-refractivity contribution in [2.24, 2.45) is 11.6 Å². The van der Waals surface area contributed by atoms with Crippen molar-refractivity contribution < 1.29 is 9.72 Å². The van der Waals surface area contributed by atoms with Gasteiger partial charge in [-0.15, -0.1) is 0 Å². The topological polar surface area (TPSA) is 162 Å². The number of anilines is 2. The number of hydrogen-bond acceptors (Lipinski definition) is 8. The number of carbonyl (C=O) groups is 1. The van der Waals surface area contributed by atoms with E-state index in [4.69, 9.17) is 11.6 Å². The number of rotatable bonds is 5. The van der Waals surface area contributed by atoms with Crippen LogP contribution in [0.5, 0.6) is 0 Å². The smallest absolute Gasteiger partial charge is 0.354 e. The SMILES string of the molecule is CC(C)(Nc1ncnc(NN)c1[N+](=O)[O-])C(N)=O. The van der Waals surface area contributed by atoms with Crippen molar-refractivity contribution >= 4 is 23.2 Å². The Labute approximate surface area is 102 Å². The van der Waals surface area contributed by atoms with Crippen LogP contribution in [-0.2, 0) is 4.79 Å². The van der Waals surface area contributed by atoms with Crippen LogP contribution in [-0.4, -0.2) is 26.3 Å². The van der Waals surface area contributed by atoms with Crippen molar-refractivity contribution in [3.8, 4) is 0 Å². The average molecular weight is 255 g/mol. The first-order valence-electron chi connectivity index (χ1n) is 4.83. The summed E-state index contributed by atoms with van der Waals surface area (Å²) in [5.74, 6) is 4.12. The van der Waals surface area contributed by atoms with Crippen LogP contribution in [0.3, 0.4) is 0 Å². The van der Waals surface area contributed by atoms with Gasteiger partial charge in [-0.3, -0.25) is 14.9 Å². The molecule has 18 heavy (non-hydrogen) atoms. The van der Waals surface area contributed by atoms with Gasteiger partial charge in [0.2, 0.25) is 17.5 Å². The van der Waals surface area contributed by atoms with Crippen LogP contribution in [0, 0.1) is 10.1 Å². The Morgan fingerprint density at radius 3 is 2.44 bits per heavy atom. The molecule has 0 unspecified atom stereocenters. The molecular formula is C8H13N7O3. The van der Waals surface area contributed by atoms with Gasteiger partial charge in [0.05, 0.1) is 4.92 Å². The third kappa shape index (κ3) is 2.60. The normalized spacial score (nSPS) is 10.8. The van der Waals surface area contributed by atoms with Crippen LogP contribution in [0.1, 0.15) is 13.8 Å². The van der Waals surface area contributed by atoms with E-state index in [0.29, 0.717) is 0 Å². The van der Waals surface area contributed by atoms with E-state index < -0.39 is 22.1 Å². The summed E-state index contributed by atoms with van der Waals surface area (Å²) >= 11 is 0. The molecular weight excluding hydrogens is 242 g/mol. The van der Waals surface area contributed by atoms with Gasteiger partial charge in [0.25, 0.3) is 0 Å². The van der Waals surface area contributed by atoms with Crippen molar-refractivity contribution in [2.45, 2.75) is 19.4 Å². The van der Waals surface area contributed by atoms with Crippen LogP contribution in [0.4, 0.5) is 17.3 Å². The summed E-state index contributed by atoms with van der Waals surface area (Å²) < 4.78 is 0. The van der Waals surface area contributed by atoms with Gasteiger partial charge in [-0.05, 0) is 13.8 Å². The van der Waals surface area contributed by atoms with Gasteiger partial charge in [0.1, 0.15) is 11.9 Å². The molecule has 10 nitrogen and oxygen atoms in total. The van der Waals surface area contributed by atoms with E-state index in [-0.39, 0.29) is 11.6 Å². The molecule has 0 saturated heterocycles. The number of nitrogens with two attached hydrogens (primary N) is 2. The Morgan fingerprint density at radius 1 is 1.44 bits per heavy atom. The molecule has 0 radical (unpaired) electrons. The molecule has 1 aromatic rings. The highest BCUT2D eigenvalue weighted by molar-refractivity contribution is 5.87. The summed E-state index contributed by atoms with van der Waals surface area (Å²) in [6.07, 6.45) is 1.07. The number of hydrazine groups is 1. The zero-order valence-electron chi connectivity index (χ0n) is 9.80. The van der Waals surface area contributed by atoms with Gasteiger partial charge in [-0.2, -0.15) is 0 Å². The molecule has 1 heterocycles. The van der Waals surface area contributed by atoms with Crippen molar-refractivity contribution in [2.75, 3.05) is 10.7 Å². The summed E-state index contributed by atoms with van der Waals surface area (Å²) in [4.78, 5) is 28.7. The fraction of sp³-hybridized carbons (Fsp3) is 0.375. The highest BCUT2D eigenvalue weighted by Gasteiger charge is 2.30. The molecule has 1 aromatic heterocycles. The van der Waals surface area contributed by atoms with Gasteiger partial charge < -0.3 is 16.5 Å². The summed E-state index contributed by atoms with van der Waals surface area (Å²) in [6, 6.07) is 0. The molecule has 0 saturated carbocycles. The summed E-state index contributed by atoms with van der Waals surface area (Å²) in [5.41, 5.74) is 5.58. The minimum atomic E-state index is -1.20. The fourth-order valence-electron chi connectivity index (χ4n) is 1.11. The summed E-state index contributed by atoms with van der Waals surface area (Å²) in [6.45, 7) is 2.94. The quantitative estimate of drug-likeness (QED) is 0.306. The number of aromatic nitrogens is 2. The van der Waals surface area contributed by atoms with Gasteiger partial charge in [0.15, 0.2) is 0 Å². The predicted octanol–water partition coefficient (Wildman–Crippen LogP) is -0.654. The molecule has 98 valence electrons. The van der Waals surface area contributed by atoms with E-state index in [9.17, 15) is 14.9 Å². The standard InChI is InChI=1S/C8H13N7O3/c1-8(2,7(9)16)13-5-4(15(17)18)6(14-10)12-3-11-5/h3H,10H2,1-2H3,(H2,9,16)(H2,11,12,13,14). The second-order valence-corrected chi connectivity index (χ2v) is 3.94. The van der Waals surface area contributed by atoms with Crippen LogP contribution >= 0.6 is 0 Å². The molecule has 10 heteroatoms. The van der Waals surface area contributed by atoms with Gasteiger partial charge in [0, 0.05) is 0 Å². The van der Waals surface area contributed by atoms with E-state index in [2.05, 4.69) is 20.7 Å². The van der Waals surface area contributed by atoms with Gasteiger partial charge >= 0.3 is 5.69 Å². The molecule has 0 spiro atoms. The maximum absolute atomic E-state index is 11.2. The number of nitrogens with zero attached hydrogens (tertiary/aromatic N) is 3. The molecule has 1 rings (SSSR count). The Balaban J connectivity index is 3.25. The number of carbonyl (C=O) groups excluding carboxylic acids is 1. The van der Waals surface area contributed by atoms with E-state index in [1.165, 1.54) is 13.8 Å². The van der Waals surface area contributed by atoms with Crippen LogP contribution < -0.4 is 22.3 Å². The van der Waals surface area contributed by atoms with Gasteiger partial charge in [-0.25, -0.2) is 15.8 Å². The minimum absolute atomic E-state index is 0.147. The van der Waals surface area contributed by atoms with E-state index in [0.717, 1.165) is 6.33 Å². The lowest BCUT2D eigenvalue weighted by atomic mass is 10.1. The first-order chi connectivity index (χ1) is 8.29. The largest absolute Gasteiger partial charge is 0.368 e. The Hall–Kier alpha value is -2.49. The third-order valence-electron chi connectivity index (χ3n) is 2.19. The number of amides is 1. The number of nitro groups is 1. The monoisotopic (exact) mass is 255 g/mol. The maximum Gasteiger partial charge on any atom is 0.354 e. The Morgan fingerprint density at radius 2 is 2.00 bits per heavy atom. The lowest BCUT2D eigenvalue weighted by Crippen LogP contribution is -2.45. The van der Waals surface area contributed by atoms with Crippen LogP contribution in [0.2, 0.25) is 0 Å². The zero-order valence-corrected chi connectivity index (χ0v) is 9.80. The number of hydrogen-bond donors (Lipinski definition) is 4. The first kappa shape index (κ1) is 13.6. The van der Waals surface area contributed by atoms with E-state index in [1.54, 1.807) is 0 Å². The lowest BCUT2D eigenvalue weighted by molar-refractivity contribution is -0.383. The molecule has 0 aromatic carbocycles. The van der Waals surface area contributed by atoms with Crippen molar-refractivity contribution in [3.05, 3.63) is 16.4 Å².